The number of nitrogens with one attached hydrogen (secondary N) is 1. The molecule has 1 N–H and O–H groups in total. The molecular formula is C28H19ClN4. The molecule has 0 atom stereocenters. The van der Waals surface area contributed by atoms with E-state index >= 15 is 0 Å². The van der Waals surface area contributed by atoms with E-state index in [1.165, 1.54) is 0 Å². The Bertz CT molecular complexity index is 1480. The molecule has 0 spiro atoms. The van der Waals surface area contributed by atoms with E-state index in [-0.39, 0.29) is 0 Å². The van der Waals surface area contributed by atoms with Crippen molar-refractivity contribution in [3.05, 3.63) is 114 Å². The molecule has 0 saturated heterocycles. The molecule has 4 nitrogen and oxygen atoms in total. The van der Waals surface area contributed by atoms with Crippen molar-refractivity contribution in [2.24, 2.45) is 0 Å². The lowest BCUT2D eigenvalue weighted by Crippen LogP contribution is -2.05. The number of nitrogens with zero attached hydrogens (tertiary/aromatic N) is 3. The van der Waals surface area contributed by atoms with Crippen molar-refractivity contribution < 1.29 is 0 Å². The van der Waals surface area contributed by atoms with Crippen molar-refractivity contribution >= 4 is 28.2 Å². The molecule has 2 heterocycles. The molecule has 0 aliphatic heterocycles. The average Bonchev–Trinajstić information content (AvgIpc) is 2.88. The van der Waals surface area contributed by atoms with E-state index in [0.29, 0.717) is 23.1 Å². The summed E-state index contributed by atoms with van der Waals surface area (Å²) in [6, 6.07) is 31.9. The van der Waals surface area contributed by atoms with Crippen molar-refractivity contribution in [3.8, 4) is 28.3 Å². The Morgan fingerprint density at radius 2 is 1.64 bits per heavy atom. The lowest BCUT2D eigenvalue weighted by molar-refractivity contribution is 1.03. The van der Waals surface area contributed by atoms with Crippen LogP contribution in [0.5, 0.6) is 0 Å². The fourth-order valence-corrected chi connectivity index (χ4v) is 4.31. The normalized spacial score (nSPS) is 10.7. The fourth-order valence-electron chi connectivity index (χ4n) is 4.02. The van der Waals surface area contributed by atoms with Crippen molar-refractivity contribution in [1.29, 1.82) is 5.26 Å². The topological polar surface area (TPSA) is 61.6 Å². The van der Waals surface area contributed by atoms with Gasteiger partial charge in [0, 0.05) is 17.1 Å². The number of anilines is 1. The highest BCUT2D eigenvalue weighted by Gasteiger charge is 2.18. The van der Waals surface area contributed by atoms with E-state index in [1.54, 1.807) is 12.3 Å². The molecule has 2 aromatic heterocycles. The van der Waals surface area contributed by atoms with Gasteiger partial charge in [-0.1, -0.05) is 78.3 Å². The van der Waals surface area contributed by atoms with E-state index in [4.69, 9.17) is 16.6 Å². The van der Waals surface area contributed by atoms with Crippen LogP contribution in [0.4, 0.5) is 5.82 Å². The number of aromatic nitrogens is 2. The second-order valence-corrected chi connectivity index (χ2v) is 7.95. The third-order valence-corrected chi connectivity index (χ3v) is 5.79. The van der Waals surface area contributed by atoms with Crippen LogP contribution >= 0.6 is 11.6 Å². The summed E-state index contributed by atoms with van der Waals surface area (Å²) in [6.07, 6.45) is 1.77. The highest BCUT2D eigenvalue weighted by molar-refractivity contribution is 6.34. The van der Waals surface area contributed by atoms with Gasteiger partial charge < -0.3 is 5.32 Å². The highest BCUT2D eigenvalue weighted by atomic mass is 35.5. The number of nitriles is 1. The van der Waals surface area contributed by atoms with Gasteiger partial charge in [-0.05, 0) is 46.3 Å². The first-order valence-electron chi connectivity index (χ1n) is 10.6. The molecule has 0 aliphatic carbocycles. The zero-order valence-corrected chi connectivity index (χ0v) is 18.4. The van der Waals surface area contributed by atoms with Gasteiger partial charge in [0.15, 0.2) is 0 Å². The smallest absolute Gasteiger partial charge is 0.139 e. The van der Waals surface area contributed by atoms with Crippen molar-refractivity contribution in [2.45, 2.75) is 6.54 Å². The molecule has 0 bridgehead atoms. The van der Waals surface area contributed by atoms with Crippen LogP contribution in [0.1, 0.15) is 11.3 Å². The van der Waals surface area contributed by atoms with Crippen LogP contribution in [0.3, 0.4) is 0 Å². The van der Waals surface area contributed by atoms with E-state index in [9.17, 15) is 5.26 Å². The molecule has 158 valence electrons. The van der Waals surface area contributed by atoms with Gasteiger partial charge in [0.1, 0.15) is 11.0 Å². The molecule has 0 unspecified atom stereocenters. The summed E-state index contributed by atoms with van der Waals surface area (Å²) in [5, 5.41) is 15.2. The molecule has 0 aliphatic rings. The molecule has 0 radical (unpaired) electrons. The Morgan fingerprint density at radius 1 is 0.848 bits per heavy atom. The number of fused-ring (bicyclic) bond motifs is 1. The predicted octanol–water partition coefficient (Wildman–Crippen LogP) is 7.10. The number of halogens is 1. The number of pyridine rings is 2. The van der Waals surface area contributed by atoms with Gasteiger partial charge in [-0.15, -0.1) is 0 Å². The van der Waals surface area contributed by atoms with Crippen molar-refractivity contribution in [1.82, 2.24) is 9.97 Å². The van der Waals surface area contributed by atoms with Gasteiger partial charge in [-0.3, -0.25) is 4.98 Å². The summed E-state index contributed by atoms with van der Waals surface area (Å²) in [5.41, 5.74) is 5.30. The van der Waals surface area contributed by atoms with Crippen LogP contribution in [-0.4, -0.2) is 9.97 Å². The molecule has 5 rings (SSSR count). The predicted molar refractivity (Wildman–Crippen MR) is 134 cm³/mol. The number of benzene rings is 3. The van der Waals surface area contributed by atoms with Crippen LogP contribution in [0.15, 0.2) is 97.2 Å². The van der Waals surface area contributed by atoms with Gasteiger partial charge in [-0.2, -0.15) is 5.26 Å². The van der Waals surface area contributed by atoms with Crippen LogP contribution in [0.25, 0.3) is 33.0 Å². The Morgan fingerprint density at radius 3 is 2.42 bits per heavy atom. The largest absolute Gasteiger partial charge is 0.364 e. The maximum Gasteiger partial charge on any atom is 0.139 e. The molecule has 0 fully saturated rings. The molecule has 33 heavy (non-hydrogen) atoms. The number of hydrogen-bond acceptors (Lipinski definition) is 4. The Labute approximate surface area is 197 Å². The Hall–Kier alpha value is -4.20. The van der Waals surface area contributed by atoms with Gasteiger partial charge >= 0.3 is 0 Å². The minimum absolute atomic E-state index is 0.381. The molecule has 0 saturated carbocycles. The standard InChI is InChI=1S/C28H19ClN4/c29-27-25(21-11-6-8-19(16-21)17-30)24-14-7-13-23(20-9-2-1-3-10-20)26(24)28(33-27)32-18-22-12-4-5-15-31-22/h1-16H,18H2,(H,32,33). The van der Waals surface area contributed by atoms with Crippen LogP contribution < -0.4 is 5.32 Å². The molecular weight excluding hydrogens is 428 g/mol. The SMILES string of the molecule is N#Cc1cccc(-c2c(Cl)nc(NCc3ccccn3)c3c(-c4ccccc4)cccc23)c1. The third-order valence-electron chi connectivity index (χ3n) is 5.52. The molecule has 5 heteroatoms. The van der Waals surface area contributed by atoms with Gasteiger partial charge in [0.25, 0.3) is 0 Å². The quantitative estimate of drug-likeness (QED) is 0.292. The molecule has 5 aromatic rings. The first kappa shape index (κ1) is 20.7. The van der Waals surface area contributed by atoms with Crippen LogP contribution in [0, 0.1) is 11.3 Å². The fraction of sp³-hybridized carbons (Fsp3) is 0.0357. The van der Waals surface area contributed by atoms with Gasteiger partial charge in [-0.25, -0.2) is 4.98 Å². The minimum Gasteiger partial charge on any atom is -0.364 e. The van der Waals surface area contributed by atoms with Gasteiger partial charge in [0.05, 0.1) is 23.9 Å². The first-order chi connectivity index (χ1) is 16.2. The second kappa shape index (κ2) is 9.12. The lowest BCUT2D eigenvalue weighted by Gasteiger charge is -2.17. The van der Waals surface area contributed by atoms with Crippen LogP contribution in [-0.2, 0) is 6.54 Å². The average molecular weight is 447 g/mol. The highest BCUT2D eigenvalue weighted by Crippen LogP contribution is 2.41. The monoisotopic (exact) mass is 446 g/mol. The summed E-state index contributed by atoms with van der Waals surface area (Å²) < 4.78 is 0. The van der Waals surface area contributed by atoms with Crippen molar-refractivity contribution in [3.63, 3.8) is 0 Å². The summed E-state index contributed by atoms with van der Waals surface area (Å²) in [4.78, 5) is 9.19. The zero-order chi connectivity index (χ0) is 22.6. The minimum atomic E-state index is 0.381. The van der Waals surface area contributed by atoms with E-state index in [0.717, 1.165) is 38.7 Å². The third kappa shape index (κ3) is 4.15. The van der Waals surface area contributed by atoms with E-state index in [1.807, 2.05) is 60.7 Å². The van der Waals surface area contributed by atoms with E-state index < -0.39 is 0 Å². The van der Waals surface area contributed by atoms with E-state index in [2.05, 4.69) is 40.6 Å². The Kier molecular flexibility index (Phi) is 5.72. The van der Waals surface area contributed by atoms with Gasteiger partial charge in [0.2, 0.25) is 0 Å². The molecule has 3 aromatic carbocycles. The Balaban J connectivity index is 1.75. The number of hydrogen-bond donors (Lipinski definition) is 1. The summed E-state index contributed by atoms with van der Waals surface area (Å²) in [6.45, 7) is 0.520. The summed E-state index contributed by atoms with van der Waals surface area (Å²) in [5.74, 6) is 0.695. The maximum atomic E-state index is 9.39. The lowest BCUT2D eigenvalue weighted by atomic mass is 9.93. The first-order valence-corrected chi connectivity index (χ1v) is 10.9. The maximum absolute atomic E-state index is 9.39. The summed E-state index contributed by atoms with van der Waals surface area (Å²) >= 11 is 6.77. The second-order valence-electron chi connectivity index (χ2n) is 7.59. The van der Waals surface area contributed by atoms with Crippen molar-refractivity contribution in [2.75, 3.05) is 5.32 Å². The molecule has 0 amide bonds. The van der Waals surface area contributed by atoms with Crippen LogP contribution in [0.2, 0.25) is 5.15 Å². The summed E-state index contributed by atoms with van der Waals surface area (Å²) in [7, 11) is 0. The zero-order valence-electron chi connectivity index (χ0n) is 17.7. The number of rotatable bonds is 5.